The van der Waals surface area contributed by atoms with Gasteiger partial charge < -0.3 is 9.16 Å². The van der Waals surface area contributed by atoms with Gasteiger partial charge in [0.05, 0.1) is 10.6 Å². The van der Waals surface area contributed by atoms with Crippen molar-refractivity contribution in [2.45, 2.75) is 58.9 Å². The summed E-state index contributed by atoms with van der Waals surface area (Å²) in [6, 6.07) is 2.00. The molecule has 1 aromatic heterocycles. The van der Waals surface area contributed by atoms with Gasteiger partial charge in [-0.3, -0.25) is 0 Å². The van der Waals surface area contributed by atoms with Gasteiger partial charge in [-0.1, -0.05) is 20.8 Å². The summed E-state index contributed by atoms with van der Waals surface area (Å²) in [5.74, 6) is 0.626. The molecule has 1 aromatic rings. The Morgan fingerprint density at radius 3 is 2.45 bits per heavy atom. The second-order valence-electron chi connectivity index (χ2n) is 6.80. The van der Waals surface area contributed by atoms with E-state index in [1.54, 1.807) is 6.20 Å². The zero-order chi connectivity index (χ0) is 15.6. The van der Waals surface area contributed by atoms with E-state index in [4.69, 9.17) is 9.16 Å². The van der Waals surface area contributed by atoms with Crippen LogP contribution in [0.25, 0.3) is 0 Å². The van der Waals surface area contributed by atoms with Gasteiger partial charge in [-0.15, -0.1) is 0 Å². The number of hydrogen-bond acceptors (Lipinski definition) is 3. The molecule has 0 aliphatic carbocycles. The summed E-state index contributed by atoms with van der Waals surface area (Å²) in [7, 11) is -1.74. The lowest BCUT2D eigenvalue weighted by Gasteiger charge is -2.38. The van der Waals surface area contributed by atoms with E-state index in [0.717, 1.165) is 10.0 Å². The molecule has 20 heavy (non-hydrogen) atoms. The Kier molecular flexibility index (Phi) is 5.81. The summed E-state index contributed by atoms with van der Waals surface area (Å²) in [5, 5.41) is 0.212. The second-order valence-corrected chi connectivity index (χ2v) is 12.4. The molecule has 0 fully saturated rings. The Morgan fingerprint density at radius 1 is 1.35 bits per heavy atom. The number of rotatable bonds is 5. The van der Waals surface area contributed by atoms with Crippen molar-refractivity contribution >= 4 is 24.2 Å². The Labute approximate surface area is 132 Å². The molecule has 0 N–H and O–H groups in total. The maximum atomic E-state index is 6.26. The molecule has 5 heteroatoms. The van der Waals surface area contributed by atoms with Gasteiger partial charge in [0.25, 0.3) is 0 Å². The average Bonchev–Trinajstić information content (AvgIpc) is 2.25. The quantitative estimate of drug-likeness (QED) is 0.697. The van der Waals surface area contributed by atoms with Gasteiger partial charge in [-0.25, -0.2) is 4.98 Å². The third-order valence-electron chi connectivity index (χ3n) is 3.70. The SMILES string of the molecule is Cc1cnc(OC[C@@H](C)O[Si](C)(C)C(C)(C)C)c(Br)c1. The molecule has 0 aromatic carbocycles. The molecule has 0 bridgehead atoms. The van der Waals surface area contributed by atoms with Gasteiger partial charge >= 0.3 is 0 Å². The topological polar surface area (TPSA) is 31.4 Å². The van der Waals surface area contributed by atoms with Crippen LogP contribution in [0, 0.1) is 6.92 Å². The standard InChI is InChI=1S/C15H26BrNO2Si/c1-11-8-13(16)14(17-9-11)18-10-12(2)19-20(6,7)15(3,4)5/h8-9,12H,10H2,1-7H3/t12-/m1/s1. The highest BCUT2D eigenvalue weighted by Crippen LogP contribution is 2.37. The normalized spacial score (nSPS) is 14.2. The Hall–Kier alpha value is -0.393. The van der Waals surface area contributed by atoms with Crippen molar-refractivity contribution < 1.29 is 9.16 Å². The number of hydrogen-bond donors (Lipinski definition) is 0. The average molecular weight is 360 g/mol. The Balaban J connectivity index is 2.58. The van der Waals surface area contributed by atoms with Gasteiger partial charge in [0, 0.05) is 6.20 Å². The smallest absolute Gasteiger partial charge is 0.228 e. The first-order valence-corrected chi connectivity index (χ1v) is 10.7. The van der Waals surface area contributed by atoms with Gasteiger partial charge in [0.1, 0.15) is 6.61 Å². The molecule has 1 rings (SSSR count). The van der Waals surface area contributed by atoms with E-state index in [1.165, 1.54) is 0 Å². The molecule has 1 heterocycles. The fourth-order valence-corrected chi connectivity index (χ4v) is 3.54. The molecule has 0 spiro atoms. The van der Waals surface area contributed by atoms with E-state index in [2.05, 4.69) is 61.7 Å². The minimum Gasteiger partial charge on any atom is -0.474 e. The van der Waals surface area contributed by atoms with Crippen molar-refractivity contribution in [1.82, 2.24) is 4.98 Å². The van der Waals surface area contributed by atoms with E-state index in [0.29, 0.717) is 12.5 Å². The molecule has 0 radical (unpaired) electrons. The number of nitrogens with zero attached hydrogens (tertiary/aromatic N) is 1. The zero-order valence-corrected chi connectivity index (χ0v) is 16.2. The van der Waals surface area contributed by atoms with Crippen molar-refractivity contribution in [3.05, 3.63) is 22.3 Å². The maximum Gasteiger partial charge on any atom is 0.228 e. The lowest BCUT2D eigenvalue weighted by molar-refractivity contribution is 0.126. The summed E-state index contributed by atoms with van der Waals surface area (Å²) in [6.45, 7) is 15.8. The first-order valence-electron chi connectivity index (χ1n) is 6.96. The zero-order valence-electron chi connectivity index (χ0n) is 13.6. The lowest BCUT2D eigenvalue weighted by atomic mass is 10.2. The fraction of sp³-hybridized carbons (Fsp3) is 0.667. The highest BCUT2D eigenvalue weighted by Gasteiger charge is 2.38. The van der Waals surface area contributed by atoms with Gasteiger partial charge in [-0.2, -0.15) is 0 Å². The molecular weight excluding hydrogens is 334 g/mol. The third kappa shape index (κ3) is 4.86. The number of halogens is 1. The van der Waals surface area contributed by atoms with Crippen LogP contribution >= 0.6 is 15.9 Å². The van der Waals surface area contributed by atoms with Crippen LogP contribution in [-0.2, 0) is 4.43 Å². The molecule has 0 saturated carbocycles. The van der Waals surface area contributed by atoms with Crippen LogP contribution < -0.4 is 4.74 Å². The Morgan fingerprint density at radius 2 is 1.95 bits per heavy atom. The molecule has 114 valence electrons. The molecular formula is C15H26BrNO2Si. The molecule has 3 nitrogen and oxygen atoms in total. The minimum atomic E-state index is -1.74. The summed E-state index contributed by atoms with van der Waals surface area (Å²) >= 11 is 3.47. The van der Waals surface area contributed by atoms with Crippen LogP contribution in [0.15, 0.2) is 16.7 Å². The van der Waals surface area contributed by atoms with Crippen molar-refractivity contribution in [3.63, 3.8) is 0 Å². The van der Waals surface area contributed by atoms with Gasteiger partial charge in [0.2, 0.25) is 5.88 Å². The van der Waals surface area contributed by atoms with E-state index in [-0.39, 0.29) is 11.1 Å². The predicted molar refractivity (Wildman–Crippen MR) is 89.9 cm³/mol. The van der Waals surface area contributed by atoms with Crippen molar-refractivity contribution in [1.29, 1.82) is 0 Å². The van der Waals surface area contributed by atoms with Crippen LogP contribution in [0.2, 0.25) is 18.1 Å². The highest BCUT2D eigenvalue weighted by molar-refractivity contribution is 9.10. The first kappa shape index (κ1) is 17.7. The molecule has 0 amide bonds. The van der Waals surface area contributed by atoms with Crippen molar-refractivity contribution in [3.8, 4) is 5.88 Å². The Bertz CT molecular complexity index is 458. The molecule has 0 saturated heterocycles. The lowest BCUT2D eigenvalue weighted by Crippen LogP contribution is -2.44. The van der Waals surface area contributed by atoms with E-state index in [9.17, 15) is 0 Å². The predicted octanol–water partition coefficient (Wildman–Crippen LogP) is 4.94. The van der Waals surface area contributed by atoms with Crippen LogP contribution in [0.5, 0.6) is 5.88 Å². The number of aromatic nitrogens is 1. The first-order chi connectivity index (χ1) is 9.03. The summed E-state index contributed by atoms with van der Waals surface area (Å²) in [6.07, 6.45) is 1.87. The van der Waals surface area contributed by atoms with Crippen LogP contribution in [0.3, 0.4) is 0 Å². The monoisotopic (exact) mass is 359 g/mol. The summed E-state index contributed by atoms with van der Waals surface area (Å²) in [4.78, 5) is 4.28. The number of aryl methyl sites for hydroxylation is 1. The molecule has 0 unspecified atom stereocenters. The number of ether oxygens (including phenoxy) is 1. The summed E-state index contributed by atoms with van der Waals surface area (Å²) < 4.78 is 12.9. The van der Waals surface area contributed by atoms with Gasteiger partial charge in [0.15, 0.2) is 8.32 Å². The minimum absolute atomic E-state index is 0.0610. The van der Waals surface area contributed by atoms with Crippen LogP contribution in [-0.4, -0.2) is 26.0 Å². The number of pyridine rings is 1. The third-order valence-corrected chi connectivity index (χ3v) is 8.87. The van der Waals surface area contributed by atoms with Crippen molar-refractivity contribution in [2.75, 3.05) is 6.61 Å². The summed E-state index contributed by atoms with van der Waals surface area (Å²) in [5.41, 5.74) is 1.11. The fourth-order valence-electron chi connectivity index (χ4n) is 1.54. The van der Waals surface area contributed by atoms with Gasteiger partial charge in [-0.05, 0) is 59.5 Å². The molecule has 0 aliphatic heterocycles. The maximum absolute atomic E-state index is 6.26. The second kappa shape index (κ2) is 6.58. The van der Waals surface area contributed by atoms with Crippen LogP contribution in [0.4, 0.5) is 0 Å². The van der Waals surface area contributed by atoms with Crippen LogP contribution in [0.1, 0.15) is 33.3 Å². The largest absolute Gasteiger partial charge is 0.474 e. The molecule has 0 aliphatic rings. The van der Waals surface area contributed by atoms with E-state index in [1.807, 2.05) is 13.0 Å². The van der Waals surface area contributed by atoms with E-state index < -0.39 is 8.32 Å². The van der Waals surface area contributed by atoms with Crippen molar-refractivity contribution in [2.24, 2.45) is 0 Å². The highest BCUT2D eigenvalue weighted by atomic mass is 79.9. The van der Waals surface area contributed by atoms with E-state index >= 15 is 0 Å². The molecule has 1 atom stereocenters.